The smallest absolute Gasteiger partial charge is 0.137 e. The summed E-state index contributed by atoms with van der Waals surface area (Å²) in [5.41, 5.74) is 11.2. The molecule has 46 heavy (non-hydrogen) atoms. The number of nitrogens with zero attached hydrogens (tertiary/aromatic N) is 1. The van der Waals surface area contributed by atoms with Crippen molar-refractivity contribution >= 4 is 49.8 Å². The van der Waals surface area contributed by atoms with Crippen LogP contribution >= 0.6 is 0 Å². The Bertz CT molecular complexity index is 2340. The number of benzene rings is 7. The van der Waals surface area contributed by atoms with Gasteiger partial charge in [0, 0.05) is 33.8 Å². The summed E-state index contributed by atoms with van der Waals surface area (Å²) in [6, 6.07) is 56.6. The Morgan fingerprint density at radius 3 is 1.89 bits per heavy atom. The maximum Gasteiger partial charge on any atom is 0.137 e. The van der Waals surface area contributed by atoms with E-state index in [1.54, 1.807) is 0 Å². The van der Waals surface area contributed by atoms with E-state index in [2.05, 4.69) is 171 Å². The van der Waals surface area contributed by atoms with E-state index in [0.29, 0.717) is 0 Å². The summed E-state index contributed by atoms with van der Waals surface area (Å²) < 4.78 is 6.41. The third-order valence-corrected chi connectivity index (χ3v) is 9.04. The first-order valence-electron chi connectivity index (χ1n) is 15.9. The van der Waals surface area contributed by atoms with Gasteiger partial charge in [0.1, 0.15) is 11.2 Å². The van der Waals surface area contributed by atoms with Gasteiger partial charge in [0.2, 0.25) is 0 Å². The van der Waals surface area contributed by atoms with Crippen molar-refractivity contribution < 1.29 is 4.42 Å². The van der Waals surface area contributed by atoms with Gasteiger partial charge in [-0.25, -0.2) is 0 Å². The maximum atomic E-state index is 6.41. The van der Waals surface area contributed by atoms with Crippen molar-refractivity contribution in [2.24, 2.45) is 0 Å². The van der Waals surface area contributed by atoms with E-state index in [-0.39, 0.29) is 5.41 Å². The van der Waals surface area contributed by atoms with Crippen LogP contribution in [-0.4, -0.2) is 0 Å². The molecule has 7 aromatic carbocycles. The molecule has 2 nitrogen and oxygen atoms in total. The van der Waals surface area contributed by atoms with Crippen LogP contribution < -0.4 is 4.90 Å². The molecule has 0 spiro atoms. The lowest BCUT2D eigenvalue weighted by Gasteiger charge is -2.30. The second-order valence-electron chi connectivity index (χ2n) is 13.0. The lowest BCUT2D eigenvalue weighted by molar-refractivity contribution is 0.590. The SMILES string of the molecule is CC(C)(C)c1ccc(N(c2ccc3c(c2)oc2ccccc23)c2ccc3ccccc3c2-c2ccccc2-c2ccccc2)cc1. The van der Waals surface area contributed by atoms with Crippen molar-refractivity contribution in [3.63, 3.8) is 0 Å². The fourth-order valence-corrected chi connectivity index (χ4v) is 6.69. The molecule has 8 aromatic rings. The van der Waals surface area contributed by atoms with Gasteiger partial charge in [0.15, 0.2) is 0 Å². The third-order valence-electron chi connectivity index (χ3n) is 9.04. The Kier molecular flexibility index (Phi) is 6.73. The minimum Gasteiger partial charge on any atom is -0.456 e. The van der Waals surface area contributed by atoms with Crippen LogP contribution in [0.25, 0.3) is 55.0 Å². The van der Waals surface area contributed by atoms with Crippen LogP contribution in [0, 0.1) is 0 Å². The summed E-state index contributed by atoms with van der Waals surface area (Å²) in [4.78, 5) is 2.39. The maximum absolute atomic E-state index is 6.41. The first-order chi connectivity index (χ1) is 22.5. The highest BCUT2D eigenvalue weighted by atomic mass is 16.3. The van der Waals surface area contributed by atoms with Gasteiger partial charge in [-0.1, -0.05) is 136 Å². The lowest BCUT2D eigenvalue weighted by atomic mass is 9.87. The Hall–Kier alpha value is -5.60. The number of rotatable bonds is 5. The predicted octanol–water partition coefficient (Wildman–Crippen LogP) is 12.8. The van der Waals surface area contributed by atoms with Gasteiger partial charge in [-0.2, -0.15) is 0 Å². The van der Waals surface area contributed by atoms with Gasteiger partial charge in [0.25, 0.3) is 0 Å². The number of hydrogen-bond acceptors (Lipinski definition) is 2. The van der Waals surface area contributed by atoms with Crippen molar-refractivity contribution in [1.29, 1.82) is 0 Å². The number of furan rings is 1. The molecule has 1 aromatic heterocycles. The van der Waals surface area contributed by atoms with Crippen molar-refractivity contribution in [3.05, 3.63) is 163 Å². The molecule has 0 aliphatic heterocycles. The zero-order valence-corrected chi connectivity index (χ0v) is 26.4. The van der Waals surface area contributed by atoms with Crippen molar-refractivity contribution in [2.75, 3.05) is 4.90 Å². The summed E-state index contributed by atoms with van der Waals surface area (Å²) >= 11 is 0. The summed E-state index contributed by atoms with van der Waals surface area (Å²) in [5, 5.41) is 4.67. The van der Waals surface area contributed by atoms with Crippen molar-refractivity contribution in [3.8, 4) is 22.3 Å². The molecule has 0 bridgehead atoms. The molecular formula is C44H35NO. The molecule has 222 valence electrons. The van der Waals surface area contributed by atoms with Crippen molar-refractivity contribution in [2.45, 2.75) is 26.2 Å². The molecule has 0 aliphatic carbocycles. The second-order valence-corrected chi connectivity index (χ2v) is 13.0. The van der Waals surface area contributed by atoms with Crippen LogP contribution in [0.4, 0.5) is 17.1 Å². The molecule has 2 heteroatoms. The highest BCUT2D eigenvalue weighted by molar-refractivity contribution is 6.09. The summed E-state index contributed by atoms with van der Waals surface area (Å²) in [7, 11) is 0. The number of anilines is 3. The quantitative estimate of drug-likeness (QED) is 0.197. The first-order valence-corrected chi connectivity index (χ1v) is 15.9. The number of fused-ring (bicyclic) bond motifs is 4. The normalized spacial score (nSPS) is 11.8. The van der Waals surface area contributed by atoms with Gasteiger partial charge in [-0.05, 0) is 74.8 Å². The van der Waals surface area contributed by atoms with Gasteiger partial charge in [-0.15, -0.1) is 0 Å². The van der Waals surface area contributed by atoms with Crippen LogP contribution in [0.15, 0.2) is 162 Å². The predicted molar refractivity (Wildman–Crippen MR) is 195 cm³/mol. The third kappa shape index (κ3) is 4.83. The van der Waals surface area contributed by atoms with E-state index in [1.807, 2.05) is 12.1 Å². The van der Waals surface area contributed by atoms with E-state index in [4.69, 9.17) is 4.42 Å². The Morgan fingerprint density at radius 1 is 0.478 bits per heavy atom. The van der Waals surface area contributed by atoms with Crippen LogP contribution in [-0.2, 0) is 5.41 Å². The number of para-hydroxylation sites is 1. The average Bonchev–Trinajstić information content (AvgIpc) is 3.46. The van der Waals surface area contributed by atoms with E-state index in [0.717, 1.165) is 39.0 Å². The van der Waals surface area contributed by atoms with Crippen LogP contribution in [0.3, 0.4) is 0 Å². The largest absolute Gasteiger partial charge is 0.456 e. The van der Waals surface area contributed by atoms with Crippen LogP contribution in [0.1, 0.15) is 26.3 Å². The molecule has 0 radical (unpaired) electrons. The Labute approximate surface area is 270 Å². The number of hydrogen-bond donors (Lipinski definition) is 0. The molecule has 0 aliphatic rings. The minimum atomic E-state index is 0.0548. The average molecular weight is 594 g/mol. The van der Waals surface area contributed by atoms with Gasteiger partial charge in [-0.3, -0.25) is 0 Å². The highest BCUT2D eigenvalue weighted by Crippen LogP contribution is 2.47. The van der Waals surface area contributed by atoms with E-state index < -0.39 is 0 Å². The molecule has 0 atom stereocenters. The van der Waals surface area contributed by atoms with Crippen molar-refractivity contribution in [1.82, 2.24) is 0 Å². The first kappa shape index (κ1) is 27.9. The Balaban J connectivity index is 1.43. The topological polar surface area (TPSA) is 16.4 Å². The van der Waals surface area contributed by atoms with Crippen LogP contribution in [0.2, 0.25) is 0 Å². The van der Waals surface area contributed by atoms with Crippen LogP contribution in [0.5, 0.6) is 0 Å². The molecule has 1 heterocycles. The van der Waals surface area contributed by atoms with Gasteiger partial charge >= 0.3 is 0 Å². The summed E-state index contributed by atoms with van der Waals surface area (Å²) in [6.45, 7) is 6.78. The lowest BCUT2D eigenvalue weighted by Crippen LogP contribution is -2.14. The molecule has 0 unspecified atom stereocenters. The fourth-order valence-electron chi connectivity index (χ4n) is 6.69. The van der Waals surface area contributed by atoms with E-state index in [1.165, 1.54) is 38.6 Å². The van der Waals surface area contributed by atoms with E-state index in [9.17, 15) is 0 Å². The monoisotopic (exact) mass is 593 g/mol. The molecule has 8 rings (SSSR count). The molecule has 0 fully saturated rings. The van der Waals surface area contributed by atoms with Gasteiger partial charge < -0.3 is 9.32 Å². The highest BCUT2D eigenvalue weighted by Gasteiger charge is 2.23. The summed E-state index contributed by atoms with van der Waals surface area (Å²) in [5.74, 6) is 0. The molecule has 0 saturated carbocycles. The standard InChI is InChI=1S/C44H35NO/c1-44(2,3)32-22-24-33(25-23-32)45(34-26-27-38-37-18-11-12-20-41(37)46-42(38)29-34)40-28-21-31-15-7-8-17-36(31)43(40)39-19-10-9-16-35(39)30-13-5-4-6-14-30/h4-29H,1-3H3. The van der Waals surface area contributed by atoms with Gasteiger partial charge in [0.05, 0.1) is 5.69 Å². The molecule has 0 N–H and O–H groups in total. The fraction of sp³-hybridized carbons (Fsp3) is 0.0909. The molecular weight excluding hydrogens is 558 g/mol. The minimum absolute atomic E-state index is 0.0548. The zero-order chi connectivity index (χ0) is 31.3. The van der Waals surface area contributed by atoms with E-state index >= 15 is 0 Å². The Morgan fingerprint density at radius 2 is 1.11 bits per heavy atom. The molecule has 0 amide bonds. The molecule has 0 saturated heterocycles. The zero-order valence-electron chi connectivity index (χ0n) is 26.4. The second kappa shape index (κ2) is 11.1. The summed E-state index contributed by atoms with van der Waals surface area (Å²) in [6.07, 6.45) is 0.